The van der Waals surface area contributed by atoms with Crippen molar-refractivity contribution in [1.82, 2.24) is 19.4 Å². The van der Waals surface area contributed by atoms with Crippen LogP contribution in [0, 0.1) is 17.1 Å². The van der Waals surface area contributed by atoms with Gasteiger partial charge in [0.25, 0.3) is 0 Å². The first-order chi connectivity index (χ1) is 21.5. The van der Waals surface area contributed by atoms with E-state index in [4.69, 9.17) is 19.4 Å². The van der Waals surface area contributed by atoms with Crippen molar-refractivity contribution in [3.8, 4) is 6.07 Å². The van der Waals surface area contributed by atoms with Crippen LogP contribution >= 0.6 is 0 Å². The van der Waals surface area contributed by atoms with Crippen LogP contribution < -0.4 is 4.90 Å². The topological polar surface area (TPSA) is 96.5 Å². The second-order valence-electron chi connectivity index (χ2n) is 11.6. The summed E-state index contributed by atoms with van der Waals surface area (Å²) in [6.07, 6.45) is 4.48. The van der Waals surface area contributed by atoms with Gasteiger partial charge in [-0.2, -0.15) is 5.26 Å². The molecule has 1 atom stereocenters. The Hall–Kier alpha value is -4.59. The number of hydrogen-bond donors (Lipinski definition) is 0. The monoisotopic (exact) mass is 592 g/mol. The Bertz CT molecular complexity index is 1810. The van der Waals surface area contributed by atoms with E-state index in [0.29, 0.717) is 36.2 Å². The number of anilines is 1. The van der Waals surface area contributed by atoms with E-state index in [1.165, 1.54) is 13.2 Å². The Morgan fingerprint density at radius 2 is 1.95 bits per heavy atom. The Balaban J connectivity index is 1.06. The second-order valence-corrected chi connectivity index (χ2v) is 11.6. The van der Waals surface area contributed by atoms with Gasteiger partial charge in [-0.1, -0.05) is 6.07 Å². The third-order valence-electron chi connectivity index (χ3n) is 8.88. The molecule has 0 radical (unpaired) electrons. The summed E-state index contributed by atoms with van der Waals surface area (Å²) in [4.78, 5) is 26.8. The lowest BCUT2D eigenvalue weighted by Gasteiger charge is -2.35. The van der Waals surface area contributed by atoms with Gasteiger partial charge in [0.15, 0.2) is 0 Å². The van der Waals surface area contributed by atoms with Crippen molar-refractivity contribution in [2.45, 2.75) is 38.5 Å². The molecule has 2 aliphatic heterocycles. The summed E-state index contributed by atoms with van der Waals surface area (Å²) >= 11 is 0. The molecular formula is C34H33FN6O3. The maximum Gasteiger partial charge on any atom is 0.337 e. The molecule has 2 saturated heterocycles. The highest BCUT2D eigenvalue weighted by atomic mass is 19.1. The summed E-state index contributed by atoms with van der Waals surface area (Å²) in [5.74, 6) is 1.16. The molecule has 0 unspecified atom stereocenters. The number of methoxy groups -OCH3 is 1. The van der Waals surface area contributed by atoms with E-state index in [1.807, 2.05) is 42.5 Å². The third-order valence-corrected chi connectivity index (χ3v) is 8.88. The average Bonchev–Trinajstić information content (AvgIpc) is 3.38. The van der Waals surface area contributed by atoms with Gasteiger partial charge < -0.3 is 18.9 Å². The fourth-order valence-corrected chi connectivity index (χ4v) is 6.31. The first kappa shape index (κ1) is 28.2. The number of esters is 1. The van der Waals surface area contributed by atoms with Crippen LogP contribution in [-0.4, -0.2) is 71.4 Å². The largest absolute Gasteiger partial charge is 0.465 e. The van der Waals surface area contributed by atoms with Gasteiger partial charge in [0.05, 0.1) is 60.2 Å². The molecule has 10 heteroatoms. The quantitative estimate of drug-likeness (QED) is 0.282. The van der Waals surface area contributed by atoms with E-state index in [9.17, 15) is 14.4 Å². The summed E-state index contributed by atoms with van der Waals surface area (Å²) in [5, 5.41) is 9.18. The van der Waals surface area contributed by atoms with Crippen LogP contribution in [-0.2, 0) is 29.0 Å². The number of halogens is 1. The van der Waals surface area contributed by atoms with E-state index in [2.05, 4.69) is 14.4 Å². The van der Waals surface area contributed by atoms with Crippen molar-refractivity contribution in [1.29, 1.82) is 5.26 Å². The first-order valence-corrected chi connectivity index (χ1v) is 15.1. The summed E-state index contributed by atoms with van der Waals surface area (Å²) < 4.78 is 27.6. The van der Waals surface area contributed by atoms with E-state index in [0.717, 1.165) is 85.1 Å². The number of carbonyl (C=O) groups is 1. The minimum Gasteiger partial charge on any atom is -0.465 e. The third kappa shape index (κ3) is 5.45. The van der Waals surface area contributed by atoms with Crippen LogP contribution in [0.25, 0.3) is 22.7 Å². The zero-order valence-electron chi connectivity index (χ0n) is 24.6. The number of allylic oxidation sites excluding steroid dienone is 1. The van der Waals surface area contributed by atoms with Crippen LogP contribution in [0.15, 0.2) is 48.5 Å². The SMILES string of the molecule is COC(=O)c1ccc2nc(CN3CCN(c4cccc(C5=Cc6c(F)cc(C#N)cc6CC5)n4)CC3)n(C[C@@H]3CCO3)c2c1. The smallest absolute Gasteiger partial charge is 0.337 e. The van der Waals surface area contributed by atoms with Crippen LogP contribution in [0.4, 0.5) is 10.2 Å². The molecule has 4 aromatic rings. The number of aromatic nitrogens is 3. The molecule has 3 aliphatic rings. The highest BCUT2D eigenvalue weighted by molar-refractivity contribution is 5.93. The number of ether oxygens (including phenoxy) is 2. The minimum atomic E-state index is -0.360. The molecule has 0 N–H and O–H groups in total. The lowest BCUT2D eigenvalue weighted by atomic mass is 9.89. The normalized spacial score (nSPS) is 18.3. The Labute approximate surface area is 255 Å². The molecule has 0 amide bonds. The van der Waals surface area contributed by atoms with Gasteiger partial charge in [-0.05, 0) is 78.9 Å². The van der Waals surface area contributed by atoms with Crippen LogP contribution in [0.5, 0.6) is 0 Å². The molecular weight excluding hydrogens is 559 g/mol. The lowest BCUT2D eigenvalue weighted by Crippen LogP contribution is -2.46. The molecule has 2 fully saturated rings. The number of rotatable bonds is 7. The number of piperazine rings is 1. The summed E-state index contributed by atoms with van der Waals surface area (Å²) in [5.41, 5.74) is 5.94. The number of hydrogen-bond acceptors (Lipinski definition) is 8. The molecule has 7 rings (SSSR count). The van der Waals surface area contributed by atoms with E-state index < -0.39 is 0 Å². The number of carbonyl (C=O) groups excluding carboxylic acids is 1. The maximum absolute atomic E-state index is 14.7. The fraction of sp³-hybridized carbons (Fsp3) is 0.353. The molecule has 2 aromatic carbocycles. The summed E-state index contributed by atoms with van der Waals surface area (Å²) in [6, 6.07) is 16.7. The van der Waals surface area contributed by atoms with Crippen molar-refractivity contribution in [3.05, 3.63) is 88.1 Å². The van der Waals surface area contributed by atoms with Gasteiger partial charge in [0.2, 0.25) is 0 Å². The maximum atomic E-state index is 14.7. The number of aryl methyl sites for hydroxylation is 1. The lowest BCUT2D eigenvalue weighted by molar-refractivity contribution is -0.0592. The van der Waals surface area contributed by atoms with E-state index in [1.54, 1.807) is 12.1 Å². The molecule has 9 nitrogen and oxygen atoms in total. The average molecular weight is 593 g/mol. The Kier molecular flexibility index (Phi) is 7.58. The number of fused-ring (bicyclic) bond motifs is 2. The van der Waals surface area contributed by atoms with Crippen molar-refractivity contribution in [3.63, 3.8) is 0 Å². The minimum absolute atomic E-state index is 0.155. The standard InChI is InChI=1S/C34H33FN6O3/c1-43-34(42)25-7-8-30-31(18-25)41(20-26-9-14-44-26)33(38-30)21-39-10-12-40(13-11-39)32-4-2-3-29(37-32)24-6-5-23-15-22(19-36)16-28(35)27(23)17-24/h2-4,7-8,15-18,26H,5-6,9-14,20-21H2,1H3/t26-/m0/s1. The first-order valence-electron chi connectivity index (χ1n) is 15.1. The van der Waals surface area contributed by atoms with Crippen LogP contribution in [0.1, 0.15) is 51.4 Å². The summed E-state index contributed by atoms with van der Waals surface area (Å²) in [6.45, 7) is 5.53. The van der Waals surface area contributed by atoms with Crippen molar-refractivity contribution in [2.75, 3.05) is 44.8 Å². The molecule has 0 spiro atoms. The van der Waals surface area contributed by atoms with Gasteiger partial charge >= 0.3 is 5.97 Å². The zero-order valence-corrected chi connectivity index (χ0v) is 24.6. The number of pyridine rings is 1. The van der Waals surface area contributed by atoms with Gasteiger partial charge in [0.1, 0.15) is 17.5 Å². The van der Waals surface area contributed by atoms with Gasteiger partial charge in [-0.3, -0.25) is 4.90 Å². The molecule has 0 saturated carbocycles. The molecule has 1 aliphatic carbocycles. The van der Waals surface area contributed by atoms with Crippen molar-refractivity contribution in [2.24, 2.45) is 0 Å². The van der Waals surface area contributed by atoms with Gasteiger partial charge in [0, 0.05) is 38.3 Å². The van der Waals surface area contributed by atoms with Crippen molar-refractivity contribution >= 4 is 34.5 Å². The Morgan fingerprint density at radius 3 is 2.70 bits per heavy atom. The zero-order chi connectivity index (χ0) is 30.2. The molecule has 44 heavy (non-hydrogen) atoms. The highest BCUT2D eigenvalue weighted by Crippen LogP contribution is 2.33. The summed E-state index contributed by atoms with van der Waals surface area (Å²) in [7, 11) is 1.39. The Morgan fingerprint density at radius 1 is 1.11 bits per heavy atom. The number of nitrogens with zero attached hydrogens (tertiary/aromatic N) is 6. The predicted molar refractivity (Wildman–Crippen MR) is 164 cm³/mol. The predicted octanol–water partition coefficient (Wildman–Crippen LogP) is 4.83. The highest BCUT2D eigenvalue weighted by Gasteiger charge is 2.25. The molecule has 2 aromatic heterocycles. The van der Waals surface area contributed by atoms with Gasteiger partial charge in [-0.15, -0.1) is 0 Å². The molecule has 0 bridgehead atoms. The van der Waals surface area contributed by atoms with E-state index >= 15 is 0 Å². The number of nitriles is 1. The second kappa shape index (κ2) is 11.8. The van der Waals surface area contributed by atoms with Crippen LogP contribution in [0.2, 0.25) is 0 Å². The van der Waals surface area contributed by atoms with Gasteiger partial charge in [-0.25, -0.2) is 19.2 Å². The molecule has 224 valence electrons. The van der Waals surface area contributed by atoms with E-state index in [-0.39, 0.29) is 17.9 Å². The number of benzene rings is 2. The fourth-order valence-electron chi connectivity index (χ4n) is 6.31. The van der Waals surface area contributed by atoms with Crippen LogP contribution in [0.3, 0.4) is 0 Å². The van der Waals surface area contributed by atoms with Crippen molar-refractivity contribution < 1.29 is 18.7 Å². The molecule has 4 heterocycles. The number of imidazole rings is 1.